The molecule has 1 aromatic heterocycles. The molecule has 7 heteroatoms. The molecule has 0 bridgehead atoms. The van der Waals surface area contributed by atoms with Gasteiger partial charge in [-0.05, 0) is 36.5 Å². The first-order valence-corrected chi connectivity index (χ1v) is 9.74. The van der Waals surface area contributed by atoms with Crippen molar-refractivity contribution >= 4 is 0 Å². The molecule has 4 rings (SSSR count). The van der Waals surface area contributed by atoms with Gasteiger partial charge in [0, 0.05) is 25.7 Å². The number of benzene rings is 1. The average Bonchev–Trinajstić information content (AvgIpc) is 3.19. The van der Waals surface area contributed by atoms with Crippen LogP contribution in [0.4, 0.5) is 0 Å². The van der Waals surface area contributed by atoms with E-state index >= 15 is 0 Å². The van der Waals surface area contributed by atoms with Crippen LogP contribution in [0.1, 0.15) is 55.9 Å². The van der Waals surface area contributed by atoms with Crippen molar-refractivity contribution < 1.29 is 18.7 Å². The van der Waals surface area contributed by atoms with E-state index in [9.17, 15) is 0 Å². The average molecular weight is 373 g/mol. The highest BCUT2D eigenvalue weighted by molar-refractivity contribution is 5.43. The fourth-order valence-electron chi connectivity index (χ4n) is 3.54. The molecule has 146 valence electrons. The van der Waals surface area contributed by atoms with E-state index in [0.29, 0.717) is 31.6 Å². The summed E-state index contributed by atoms with van der Waals surface area (Å²) >= 11 is 0. The van der Waals surface area contributed by atoms with Gasteiger partial charge in [0.1, 0.15) is 13.2 Å². The molecule has 2 aliphatic heterocycles. The molecular weight excluding hydrogens is 346 g/mol. The number of hydrogen-bond donors (Lipinski definition) is 1. The van der Waals surface area contributed by atoms with E-state index in [1.807, 2.05) is 12.1 Å². The van der Waals surface area contributed by atoms with Crippen LogP contribution in [0.25, 0.3) is 0 Å². The number of rotatable bonds is 6. The minimum absolute atomic E-state index is 0.0158. The molecule has 1 unspecified atom stereocenters. The lowest BCUT2D eigenvalue weighted by Gasteiger charge is -2.29. The third kappa shape index (κ3) is 4.25. The molecule has 27 heavy (non-hydrogen) atoms. The van der Waals surface area contributed by atoms with Crippen LogP contribution in [0, 0.1) is 5.92 Å². The Morgan fingerprint density at radius 2 is 1.85 bits per heavy atom. The first-order chi connectivity index (χ1) is 13.2. The number of ether oxygens (including phenoxy) is 3. The van der Waals surface area contributed by atoms with Crippen LogP contribution >= 0.6 is 0 Å². The molecule has 0 aliphatic carbocycles. The molecule has 2 aromatic rings. The van der Waals surface area contributed by atoms with Crippen LogP contribution in [0.5, 0.6) is 11.5 Å². The molecule has 1 fully saturated rings. The van der Waals surface area contributed by atoms with Crippen LogP contribution in [0.2, 0.25) is 0 Å². The summed E-state index contributed by atoms with van der Waals surface area (Å²) in [5, 5.41) is 7.78. The fraction of sp³-hybridized carbons (Fsp3) is 0.600. The molecule has 0 saturated carbocycles. The maximum atomic E-state index is 5.69. The Balaban J connectivity index is 1.50. The maximum absolute atomic E-state index is 5.69. The molecule has 1 N–H and O–H groups in total. The van der Waals surface area contributed by atoms with Gasteiger partial charge in [-0.15, -0.1) is 0 Å². The Morgan fingerprint density at radius 1 is 1.07 bits per heavy atom. The summed E-state index contributed by atoms with van der Waals surface area (Å²) in [6, 6.07) is 6.09. The number of fused-ring (bicyclic) bond motifs is 1. The first kappa shape index (κ1) is 18.3. The summed E-state index contributed by atoms with van der Waals surface area (Å²) in [7, 11) is 0. The highest BCUT2D eigenvalue weighted by Gasteiger charge is 2.30. The van der Waals surface area contributed by atoms with E-state index in [0.717, 1.165) is 48.9 Å². The van der Waals surface area contributed by atoms with Gasteiger partial charge in [-0.2, -0.15) is 4.98 Å². The highest BCUT2D eigenvalue weighted by Crippen LogP contribution is 2.33. The lowest BCUT2D eigenvalue weighted by Crippen LogP contribution is -2.32. The van der Waals surface area contributed by atoms with E-state index in [1.165, 1.54) is 0 Å². The Hall–Kier alpha value is -2.12. The Morgan fingerprint density at radius 3 is 2.59 bits per heavy atom. The van der Waals surface area contributed by atoms with Gasteiger partial charge >= 0.3 is 0 Å². The van der Waals surface area contributed by atoms with Crippen molar-refractivity contribution in [1.82, 2.24) is 15.5 Å². The van der Waals surface area contributed by atoms with Crippen LogP contribution in [-0.4, -0.2) is 36.6 Å². The van der Waals surface area contributed by atoms with Gasteiger partial charge in [0.05, 0.1) is 6.04 Å². The summed E-state index contributed by atoms with van der Waals surface area (Å²) in [5.74, 6) is 3.70. The molecule has 1 aromatic carbocycles. The fourth-order valence-corrected chi connectivity index (χ4v) is 3.54. The smallest absolute Gasteiger partial charge is 0.244 e. The Bertz CT molecular complexity index is 755. The van der Waals surface area contributed by atoms with Gasteiger partial charge in [0.2, 0.25) is 5.89 Å². The summed E-state index contributed by atoms with van der Waals surface area (Å²) in [6.07, 6.45) is 1.97. The molecular formula is C20H27N3O4. The zero-order valence-electron chi connectivity index (χ0n) is 15.9. The standard InChI is InChI=1S/C20H27N3O4/c1-13(2)19-22-20(27-23-19)18(15-5-7-24-8-6-15)21-12-14-3-4-16-17(11-14)26-10-9-25-16/h3-4,11,13,15,18,21H,5-10,12H2,1-2H3. The van der Waals surface area contributed by atoms with Crippen LogP contribution in [0.15, 0.2) is 22.7 Å². The quantitative estimate of drug-likeness (QED) is 0.833. The maximum Gasteiger partial charge on any atom is 0.244 e. The molecule has 1 saturated heterocycles. The second-order valence-corrected chi connectivity index (χ2v) is 7.43. The number of nitrogens with zero attached hydrogens (tertiary/aromatic N) is 2. The van der Waals surface area contributed by atoms with Gasteiger partial charge < -0.3 is 24.1 Å². The molecule has 2 aliphatic rings. The van der Waals surface area contributed by atoms with Gasteiger partial charge in [-0.25, -0.2) is 0 Å². The summed E-state index contributed by atoms with van der Waals surface area (Å²) in [5.41, 5.74) is 1.14. The number of aromatic nitrogens is 2. The number of hydrogen-bond acceptors (Lipinski definition) is 7. The van der Waals surface area contributed by atoms with E-state index in [-0.39, 0.29) is 12.0 Å². The molecule has 1 atom stereocenters. The lowest BCUT2D eigenvalue weighted by atomic mass is 9.91. The third-order valence-corrected chi connectivity index (χ3v) is 5.11. The largest absolute Gasteiger partial charge is 0.486 e. The zero-order valence-corrected chi connectivity index (χ0v) is 15.9. The highest BCUT2D eigenvalue weighted by atomic mass is 16.6. The molecule has 7 nitrogen and oxygen atoms in total. The predicted octanol–water partition coefficient (Wildman–Crippen LogP) is 3.22. The van der Waals surface area contributed by atoms with Gasteiger partial charge in [-0.1, -0.05) is 25.1 Å². The monoisotopic (exact) mass is 373 g/mol. The normalized spacial score (nSPS) is 18.6. The van der Waals surface area contributed by atoms with Gasteiger partial charge in [0.15, 0.2) is 17.3 Å². The van der Waals surface area contributed by atoms with Crippen LogP contribution in [-0.2, 0) is 11.3 Å². The Labute approximate surface area is 159 Å². The van der Waals surface area contributed by atoms with E-state index in [4.69, 9.17) is 18.7 Å². The minimum atomic E-state index is 0.0158. The van der Waals surface area contributed by atoms with Crippen molar-refractivity contribution in [3.05, 3.63) is 35.5 Å². The van der Waals surface area contributed by atoms with Gasteiger partial charge in [-0.3, -0.25) is 0 Å². The zero-order chi connectivity index (χ0) is 18.6. The first-order valence-electron chi connectivity index (χ1n) is 9.74. The molecule has 3 heterocycles. The van der Waals surface area contributed by atoms with Crippen LogP contribution in [0.3, 0.4) is 0 Å². The summed E-state index contributed by atoms with van der Waals surface area (Å²) in [4.78, 5) is 4.64. The Kier molecular flexibility index (Phi) is 5.59. The predicted molar refractivity (Wildman–Crippen MR) is 98.9 cm³/mol. The van der Waals surface area contributed by atoms with Crippen molar-refractivity contribution in [3.8, 4) is 11.5 Å². The van der Waals surface area contributed by atoms with Crippen molar-refractivity contribution in [1.29, 1.82) is 0 Å². The minimum Gasteiger partial charge on any atom is -0.486 e. The third-order valence-electron chi connectivity index (χ3n) is 5.11. The second-order valence-electron chi connectivity index (χ2n) is 7.43. The summed E-state index contributed by atoms with van der Waals surface area (Å²) < 4.78 is 22.4. The molecule has 0 spiro atoms. The second kappa shape index (κ2) is 8.27. The topological polar surface area (TPSA) is 78.6 Å². The number of nitrogens with one attached hydrogen (secondary N) is 1. The van der Waals surface area contributed by atoms with E-state index < -0.39 is 0 Å². The van der Waals surface area contributed by atoms with E-state index in [1.54, 1.807) is 0 Å². The summed E-state index contributed by atoms with van der Waals surface area (Å²) in [6.45, 7) is 7.58. The molecule has 0 radical (unpaired) electrons. The molecule has 0 amide bonds. The van der Waals surface area contributed by atoms with Crippen molar-refractivity contribution in [2.75, 3.05) is 26.4 Å². The van der Waals surface area contributed by atoms with Crippen molar-refractivity contribution in [2.45, 2.75) is 45.2 Å². The van der Waals surface area contributed by atoms with Crippen LogP contribution < -0.4 is 14.8 Å². The van der Waals surface area contributed by atoms with Crippen molar-refractivity contribution in [2.24, 2.45) is 5.92 Å². The SMILES string of the molecule is CC(C)c1noc(C(NCc2ccc3c(c2)OCCO3)C2CCOCC2)n1. The lowest BCUT2D eigenvalue weighted by molar-refractivity contribution is 0.0485. The van der Waals surface area contributed by atoms with E-state index in [2.05, 4.69) is 35.4 Å². The van der Waals surface area contributed by atoms with Crippen molar-refractivity contribution in [3.63, 3.8) is 0 Å². The van der Waals surface area contributed by atoms with Gasteiger partial charge in [0.25, 0.3) is 0 Å².